The van der Waals surface area contributed by atoms with Crippen LogP contribution in [-0.4, -0.2) is 19.7 Å². The summed E-state index contributed by atoms with van der Waals surface area (Å²) < 4.78 is 5.19. The summed E-state index contributed by atoms with van der Waals surface area (Å²) in [7, 11) is 1.64. The van der Waals surface area contributed by atoms with Crippen LogP contribution >= 0.6 is 0 Å². The van der Waals surface area contributed by atoms with Crippen LogP contribution in [0, 0.1) is 23.7 Å². The maximum atomic E-state index is 12.7. The number of anilines is 1. The summed E-state index contributed by atoms with van der Waals surface area (Å²) in [6, 6.07) is 18.3. The number of ether oxygens (including phenoxy) is 1. The monoisotopic (exact) mass is 390 g/mol. The number of rotatable bonds is 5. The maximum Gasteiger partial charge on any atom is 0.319 e. The van der Waals surface area contributed by atoms with Gasteiger partial charge in [0, 0.05) is 17.6 Å². The van der Waals surface area contributed by atoms with E-state index in [0.717, 1.165) is 23.3 Å². The summed E-state index contributed by atoms with van der Waals surface area (Å²) in [5.74, 6) is 3.96. The molecule has 29 heavy (non-hydrogen) atoms. The van der Waals surface area contributed by atoms with Crippen LogP contribution < -0.4 is 15.4 Å². The fourth-order valence-electron chi connectivity index (χ4n) is 6.71. The number of amides is 2. The molecule has 2 amide bonds. The Balaban J connectivity index is 1.35. The third kappa shape index (κ3) is 3.29. The number of carbonyl (C=O) groups is 1. The van der Waals surface area contributed by atoms with E-state index in [2.05, 4.69) is 41.0 Å². The van der Waals surface area contributed by atoms with E-state index >= 15 is 0 Å². The number of hydrogen-bond acceptors (Lipinski definition) is 2. The molecule has 4 aliphatic carbocycles. The molecular formula is C25H30N2O2. The summed E-state index contributed by atoms with van der Waals surface area (Å²) in [6.45, 7) is 0.716. The van der Waals surface area contributed by atoms with E-state index in [1.807, 2.05) is 24.3 Å². The maximum absolute atomic E-state index is 12.7. The van der Waals surface area contributed by atoms with Gasteiger partial charge in [0.1, 0.15) is 5.75 Å². The lowest BCUT2D eigenvalue weighted by Crippen LogP contribution is -2.60. The molecule has 0 radical (unpaired) electrons. The molecule has 4 aliphatic rings. The molecule has 4 heteroatoms. The molecule has 2 aromatic carbocycles. The van der Waals surface area contributed by atoms with Gasteiger partial charge in [0.05, 0.1) is 7.11 Å². The van der Waals surface area contributed by atoms with Crippen molar-refractivity contribution in [3.8, 4) is 5.75 Å². The molecule has 2 aromatic rings. The first kappa shape index (κ1) is 18.5. The Morgan fingerprint density at radius 2 is 1.55 bits per heavy atom. The van der Waals surface area contributed by atoms with Crippen molar-refractivity contribution in [3.63, 3.8) is 0 Å². The number of methoxy groups -OCH3 is 1. The number of carbonyl (C=O) groups excluding carboxylic acids is 1. The molecule has 0 atom stereocenters. The van der Waals surface area contributed by atoms with E-state index in [4.69, 9.17) is 4.74 Å². The number of hydrogen-bond donors (Lipinski definition) is 2. The fraction of sp³-hybridized carbons (Fsp3) is 0.480. The predicted molar refractivity (Wildman–Crippen MR) is 115 cm³/mol. The smallest absolute Gasteiger partial charge is 0.319 e. The molecule has 0 saturated heterocycles. The molecule has 0 unspecified atom stereocenters. The zero-order valence-electron chi connectivity index (χ0n) is 17.1. The van der Waals surface area contributed by atoms with Gasteiger partial charge in [-0.05, 0) is 85.6 Å². The van der Waals surface area contributed by atoms with Crippen LogP contribution in [-0.2, 0) is 5.41 Å². The number of urea groups is 1. The van der Waals surface area contributed by atoms with Crippen molar-refractivity contribution in [2.24, 2.45) is 23.7 Å². The molecule has 4 fully saturated rings. The van der Waals surface area contributed by atoms with Crippen LogP contribution in [0.5, 0.6) is 5.75 Å². The summed E-state index contributed by atoms with van der Waals surface area (Å²) in [6.07, 6.45) is 6.73. The zero-order chi connectivity index (χ0) is 19.8. The number of benzene rings is 2. The van der Waals surface area contributed by atoms with Crippen LogP contribution in [0.3, 0.4) is 0 Å². The van der Waals surface area contributed by atoms with Gasteiger partial charge in [-0.15, -0.1) is 0 Å². The second-order valence-corrected chi connectivity index (χ2v) is 9.25. The minimum absolute atomic E-state index is 0.0753. The van der Waals surface area contributed by atoms with E-state index in [1.54, 1.807) is 7.11 Å². The van der Waals surface area contributed by atoms with E-state index in [0.29, 0.717) is 18.4 Å². The van der Waals surface area contributed by atoms with Crippen molar-refractivity contribution in [2.45, 2.75) is 37.5 Å². The van der Waals surface area contributed by atoms with Crippen LogP contribution in [0.1, 0.15) is 37.7 Å². The second kappa shape index (κ2) is 7.40. The van der Waals surface area contributed by atoms with E-state index < -0.39 is 0 Å². The van der Waals surface area contributed by atoms with Crippen molar-refractivity contribution in [1.82, 2.24) is 5.32 Å². The molecule has 4 nitrogen and oxygen atoms in total. The molecule has 0 spiro atoms. The summed E-state index contributed by atoms with van der Waals surface area (Å²) >= 11 is 0. The van der Waals surface area contributed by atoms with E-state index in [9.17, 15) is 4.79 Å². The predicted octanol–water partition coefficient (Wildman–Crippen LogP) is 5.21. The third-order valence-corrected chi connectivity index (χ3v) is 7.80. The lowest BCUT2D eigenvalue weighted by Gasteiger charge is -2.61. The van der Waals surface area contributed by atoms with Gasteiger partial charge in [0.15, 0.2) is 0 Å². The molecule has 0 aromatic heterocycles. The average Bonchev–Trinajstić information content (AvgIpc) is 2.74. The standard InChI is InChI=1S/C25H30N2O2/c1-29-23-9-7-22(8-10-23)27-24(28)26-16-25(19-5-3-2-4-6-19)20-12-17-11-18(14-20)15-21(25)13-17/h2-10,17-18,20-21H,11-16H2,1H3,(H2,26,27,28). The Labute approximate surface area is 173 Å². The van der Waals surface area contributed by atoms with Crippen LogP contribution in [0.2, 0.25) is 0 Å². The van der Waals surface area contributed by atoms with Crippen molar-refractivity contribution in [2.75, 3.05) is 19.0 Å². The molecule has 4 saturated carbocycles. The van der Waals surface area contributed by atoms with E-state index in [1.165, 1.54) is 37.7 Å². The number of nitrogens with one attached hydrogen (secondary N) is 2. The Hall–Kier alpha value is -2.49. The van der Waals surface area contributed by atoms with Crippen molar-refractivity contribution >= 4 is 11.7 Å². The van der Waals surface area contributed by atoms with Gasteiger partial charge >= 0.3 is 6.03 Å². The Bertz CT molecular complexity index is 834. The topological polar surface area (TPSA) is 50.4 Å². The van der Waals surface area contributed by atoms with Crippen molar-refractivity contribution in [3.05, 3.63) is 60.2 Å². The van der Waals surface area contributed by atoms with Crippen molar-refractivity contribution < 1.29 is 9.53 Å². The van der Waals surface area contributed by atoms with Gasteiger partial charge in [-0.2, -0.15) is 0 Å². The minimum atomic E-state index is -0.126. The van der Waals surface area contributed by atoms with E-state index in [-0.39, 0.29) is 11.4 Å². The van der Waals surface area contributed by atoms with Crippen LogP contribution in [0.15, 0.2) is 54.6 Å². The summed E-state index contributed by atoms with van der Waals surface area (Å²) in [5.41, 5.74) is 2.27. The summed E-state index contributed by atoms with van der Waals surface area (Å²) in [5, 5.41) is 6.22. The van der Waals surface area contributed by atoms with Gasteiger partial charge in [0.2, 0.25) is 0 Å². The quantitative estimate of drug-likeness (QED) is 0.736. The Morgan fingerprint density at radius 1 is 0.931 bits per heavy atom. The Kier molecular flexibility index (Phi) is 4.73. The normalized spacial score (nSPS) is 32.0. The lowest BCUT2D eigenvalue weighted by atomic mass is 9.43. The van der Waals surface area contributed by atoms with Crippen LogP contribution in [0.25, 0.3) is 0 Å². The van der Waals surface area contributed by atoms with Gasteiger partial charge in [-0.3, -0.25) is 0 Å². The molecule has 0 heterocycles. The SMILES string of the molecule is COc1ccc(NC(=O)NCC2(c3ccccc3)C3CC4CC(C3)CC2C4)cc1. The largest absolute Gasteiger partial charge is 0.497 e. The third-order valence-electron chi connectivity index (χ3n) is 7.80. The highest BCUT2D eigenvalue weighted by Gasteiger charge is 2.57. The van der Waals surface area contributed by atoms with Gasteiger partial charge in [-0.1, -0.05) is 30.3 Å². The first-order chi connectivity index (χ1) is 14.2. The van der Waals surface area contributed by atoms with Gasteiger partial charge in [0.25, 0.3) is 0 Å². The zero-order valence-corrected chi connectivity index (χ0v) is 17.1. The van der Waals surface area contributed by atoms with Gasteiger partial charge in [-0.25, -0.2) is 4.79 Å². The first-order valence-corrected chi connectivity index (χ1v) is 10.9. The van der Waals surface area contributed by atoms with Crippen molar-refractivity contribution in [1.29, 1.82) is 0 Å². The molecule has 152 valence electrons. The fourth-order valence-corrected chi connectivity index (χ4v) is 6.71. The van der Waals surface area contributed by atoms with Gasteiger partial charge < -0.3 is 15.4 Å². The second-order valence-electron chi connectivity index (χ2n) is 9.25. The first-order valence-electron chi connectivity index (χ1n) is 10.9. The highest BCUT2D eigenvalue weighted by molar-refractivity contribution is 5.89. The summed E-state index contributed by atoms with van der Waals surface area (Å²) in [4.78, 5) is 12.7. The molecular weight excluding hydrogens is 360 g/mol. The average molecular weight is 391 g/mol. The minimum Gasteiger partial charge on any atom is -0.497 e. The molecule has 4 bridgehead atoms. The van der Waals surface area contributed by atoms with Crippen LogP contribution in [0.4, 0.5) is 10.5 Å². The Morgan fingerprint density at radius 3 is 2.14 bits per heavy atom. The highest BCUT2D eigenvalue weighted by Crippen LogP contribution is 2.62. The highest BCUT2D eigenvalue weighted by atomic mass is 16.5. The lowest BCUT2D eigenvalue weighted by molar-refractivity contribution is -0.0589. The molecule has 2 N–H and O–H groups in total. The molecule has 0 aliphatic heterocycles. The molecule has 6 rings (SSSR count).